The van der Waals surface area contributed by atoms with Crippen molar-refractivity contribution in [3.63, 3.8) is 0 Å². The number of fused-ring (bicyclic) bond motifs is 1. The molecule has 2 fully saturated rings. The number of hydrogen-bond acceptors (Lipinski definition) is 4. The molecule has 1 atom stereocenters. The predicted octanol–water partition coefficient (Wildman–Crippen LogP) is 1.43. The Kier molecular flexibility index (Phi) is 3.61. The molecule has 0 radical (unpaired) electrons. The first-order valence-electron chi connectivity index (χ1n) is 8.20. The van der Waals surface area contributed by atoms with E-state index in [1.165, 1.54) is 10.3 Å². The molecule has 0 N–H and O–H groups in total. The van der Waals surface area contributed by atoms with Gasteiger partial charge in [0.1, 0.15) is 0 Å². The molecule has 1 unspecified atom stereocenters. The molecule has 23 heavy (non-hydrogen) atoms. The Bertz CT molecular complexity index is 705. The molecule has 2 saturated heterocycles. The standard InChI is InChI=1S/C17H20N4O2/c22-16-5-6-17(23)20(16)10-9-19-8-7-14(12-19)21-11-13-3-1-2-4-15(13)18-21/h1-4,11,14H,5-10,12H2. The molecular formula is C17H20N4O2. The summed E-state index contributed by atoms with van der Waals surface area (Å²) in [5.41, 5.74) is 1.03. The van der Waals surface area contributed by atoms with Crippen molar-refractivity contribution in [1.82, 2.24) is 19.6 Å². The minimum absolute atomic E-state index is 0.0240. The van der Waals surface area contributed by atoms with Gasteiger partial charge in [-0.15, -0.1) is 0 Å². The van der Waals surface area contributed by atoms with Crippen LogP contribution in [0.15, 0.2) is 30.5 Å². The van der Waals surface area contributed by atoms with Gasteiger partial charge in [-0.25, -0.2) is 0 Å². The first kappa shape index (κ1) is 14.4. The van der Waals surface area contributed by atoms with Crippen LogP contribution in [0.3, 0.4) is 0 Å². The van der Waals surface area contributed by atoms with Crippen LogP contribution in [-0.2, 0) is 9.59 Å². The van der Waals surface area contributed by atoms with Gasteiger partial charge in [-0.2, -0.15) is 5.10 Å². The highest BCUT2D eigenvalue weighted by atomic mass is 16.2. The molecule has 2 amide bonds. The van der Waals surface area contributed by atoms with Gasteiger partial charge < -0.3 is 0 Å². The van der Waals surface area contributed by atoms with Gasteiger partial charge in [-0.05, 0) is 12.5 Å². The quantitative estimate of drug-likeness (QED) is 0.802. The van der Waals surface area contributed by atoms with E-state index in [2.05, 4.69) is 26.9 Å². The summed E-state index contributed by atoms with van der Waals surface area (Å²) in [4.78, 5) is 27.0. The lowest BCUT2D eigenvalue weighted by Crippen LogP contribution is -2.37. The number of rotatable bonds is 4. The van der Waals surface area contributed by atoms with E-state index in [9.17, 15) is 9.59 Å². The van der Waals surface area contributed by atoms with Crippen molar-refractivity contribution in [1.29, 1.82) is 0 Å². The molecule has 2 aliphatic rings. The highest BCUT2D eigenvalue weighted by molar-refractivity contribution is 6.01. The highest BCUT2D eigenvalue weighted by Crippen LogP contribution is 2.23. The molecule has 1 aromatic carbocycles. The van der Waals surface area contributed by atoms with Crippen molar-refractivity contribution in [3.05, 3.63) is 30.5 Å². The monoisotopic (exact) mass is 312 g/mol. The maximum Gasteiger partial charge on any atom is 0.229 e. The van der Waals surface area contributed by atoms with Crippen LogP contribution in [0.4, 0.5) is 0 Å². The first-order valence-corrected chi connectivity index (χ1v) is 8.20. The van der Waals surface area contributed by atoms with Crippen LogP contribution in [-0.4, -0.2) is 57.6 Å². The third-order valence-electron chi connectivity index (χ3n) is 4.85. The zero-order valence-electron chi connectivity index (χ0n) is 13.0. The molecule has 6 heteroatoms. The summed E-state index contributed by atoms with van der Waals surface area (Å²) in [6, 6.07) is 8.51. The van der Waals surface area contributed by atoms with Gasteiger partial charge in [0.2, 0.25) is 11.8 Å². The van der Waals surface area contributed by atoms with E-state index in [0.29, 0.717) is 25.4 Å². The van der Waals surface area contributed by atoms with Crippen LogP contribution in [0, 0.1) is 0 Å². The Morgan fingerprint density at radius 1 is 1.09 bits per heavy atom. The Labute approximate surface area is 134 Å². The summed E-state index contributed by atoms with van der Waals surface area (Å²) in [5.74, 6) is -0.0480. The molecule has 1 aromatic heterocycles. The van der Waals surface area contributed by atoms with E-state index in [1.807, 2.05) is 18.2 Å². The number of aromatic nitrogens is 2. The Balaban J connectivity index is 1.37. The summed E-state index contributed by atoms with van der Waals surface area (Å²) < 4.78 is 2.07. The van der Waals surface area contributed by atoms with Gasteiger partial charge in [0.05, 0.1) is 11.6 Å². The second-order valence-corrected chi connectivity index (χ2v) is 6.35. The Hall–Kier alpha value is -2.21. The third-order valence-corrected chi connectivity index (χ3v) is 4.85. The fraction of sp³-hybridized carbons (Fsp3) is 0.471. The van der Waals surface area contributed by atoms with Crippen LogP contribution in [0.1, 0.15) is 25.3 Å². The third kappa shape index (κ3) is 2.74. The number of imide groups is 1. The first-order chi connectivity index (χ1) is 11.2. The largest absolute Gasteiger partial charge is 0.299 e. The number of benzene rings is 1. The smallest absolute Gasteiger partial charge is 0.229 e. The molecule has 6 nitrogen and oxygen atoms in total. The second-order valence-electron chi connectivity index (χ2n) is 6.35. The molecule has 0 aliphatic carbocycles. The Morgan fingerprint density at radius 3 is 2.65 bits per heavy atom. The zero-order chi connectivity index (χ0) is 15.8. The van der Waals surface area contributed by atoms with Crippen LogP contribution in [0.5, 0.6) is 0 Å². The van der Waals surface area contributed by atoms with Crippen molar-refractivity contribution in [2.24, 2.45) is 0 Å². The maximum absolute atomic E-state index is 11.6. The van der Waals surface area contributed by atoms with Crippen molar-refractivity contribution >= 4 is 22.7 Å². The molecule has 2 aromatic rings. The molecule has 0 bridgehead atoms. The maximum atomic E-state index is 11.6. The lowest BCUT2D eigenvalue weighted by Gasteiger charge is -2.20. The Morgan fingerprint density at radius 2 is 1.87 bits per heavy atom. The fourth-order valence-electron chi connectivity index (χ4n) is 3.52. The minimum atomic E-state index is -0.0240. The number of carbonyl (C=O) groups excluding carboxylic acids is 2. The highest BCUT2D eigenvalue weighted by Gasteiger charge is 2.30. The van der Waals surface area contributed by atoms with Crippen LogP contribution in [0.25, 0.3) is 10.9 Å². The zero-order valence-corrected chi connectivity index (χ0v) is 13.0. The number of carbonyl (C=O) groups is 2. The minimum Gasteiger partial charge on any atom is -0.299 e. The number of amides is 2. The summed E-state index contributed by atoms with van der Waals surface area (Å²) in [6.45, 7) is 3.18. The topological polar surface area (TPSA) is 58.4 Å². The van der Waals surface area contributed by atoms with E-state index in [-0.39, 0.29) is 11.8 Å². The van der Waals surface area contributed by atoms with Gasteiger partial charge in [-0.1, -0.05) is 18.2 Å². The lowest BCUT2D eigenvalue weighted by atomic mass is 10.2. The molecule has 0 saturated carbocycles. The fourth-order valence-corrected chi connectivity index (χ4v) is 3.52. The SMILES string of the molecule is O=C1CCC(=O)N1CCN1CCC(n2cc3ccccc3n2)C1. The molecular weight excluding hydrogens is 292 g/mol. The normalized spacial score (nSPS) is 22.6. The average Bonchev–Trinajstić information content (AvgIpc) is 3.25. The van der Waals surface area contributed by atoms with Crippen LogP contribution >= 0.6 is 0 Å². The number of hydrogen-bond donors (Lipinski definition) is 0. The van der Waals surface area contributed by atoms with Gasteiger partial charge >= 0.3 is 0 Å². The van der Waals surface area contributed by atoms with Crippen molar-refractivity contribution in [3.8, 4) is 0 Å². The summed E-state index contributed by atoms with van der Waals surface area (Å²) in [6.07, 6.45) is 3.91. The molecule has 3 heterocycles. The molecule has 2 aliphatic heterocycles. The van der Waals surface area contributed by atoms with Gasteiger partial charge in [0, 0.05) is 50.6 Å². The second kappa shape index (κ2) is 5.77. The van der Waals surface area contributed by atoms with Crippen molar-refractivity contribution < 1.29 is 9.59 Å². The molecule has 0 spiro atoms. The van der Waals surface area contributed by atoms with E-state index < -0.39 is 0 Å². The summed E-state index contributed by atoms with van der Waals surface area (Å²) in [7, 11) is 0. The molecule has 120 valence electrons. The molecule has 4 rings (SSSR count). The van der Waals surface area contributed by atoms with Gasteiger partial charge in [0.25, 0.3) is 0 Å². The van der Waals surface area contributed by atoms with Crippen LogP contribution in [0.2, 0.25) is 0 Å². The van der Waals surface area contributed by atoms with Crippen LogP contribution < -0.4 is 0 Å². The van der Waals surface area contributed by atoms with E-state index in [1.54, 1.807) is 0 Å². The summed E-state index contributed by atoms with van der Waals surface area (Å²) in [5, 5.41) is 5.83. The number of likely N-dealkylation sites (tertiary alicyclic amines) is 2. The van der Waals surface area contributed by atoms with Crippen molar-refractivity contribution in [2.45, 2.75) is 25.3 Å². The van der Waals surface area contributed by atoms with Crippen molar-refractivity contribution in [2.75, 3.05) is 26.2 Å². The summed E-state index contributed by atoms with van der Waals surface area (Å²) >= 11 is 0. The predicted molar refractivity (Wildman–Crippen MR) is 85.8 cm³/mol. The lowest BCUT2D eigenvalue weighted by molar-refractivity contribution is -0.138. The van der Waals surface area contributed by atoms with E-state index in [4.69, 9.17) is 0 Å². The average molecular weight is 312 g/mol. The van der Waals surface area contributed by atoms with Gasteiger partial charge in [-0.3, -0.25) is 24.1 Å². The number of nitrogens with zero attached hydrogens (tertiary/aromatic N) is 4. The van der Waals surface area contributed by atoms with Gasteiger partial charge in [0.15, 0.2) is 0 Å². The van der Waals surface area contributed by atoms with E-state index in [0.717, 1.165) is 31.6 Å². The van der Waals surface area contributed by atoms with E-state index >= 15 is 0 Å².